The van der Waals surface area contributed by atoms with E-state index in [1.165, 1.54) is 13.2 Å². The van der Waals surface area contributed by atoms with Crippen molar-refractivity contribution in [2.24, 2.45) is 0 Å². The minimum atomic E-state index is -0.617. The number of carbonyl (C=O) groups excluding carboxylic acids is 2. The van der Waals surface area contributed by atoms with E-state index in [0.29, 0.717) is 5.69 Å². The van der Waals surface area contributed by atoms with Crippen LogP contribution in [0, 0.1) is 6.92 Å². The lowest BCUT2D eigenvalue weighted by atomic mass is 10.2. The van der Waals surface area contributed by atoms with Crippen molar-refractivity contribution < 1.29 is 9.59 Å². The first-order chi connectivity index (χ1) is 7.95. The Morgan fingerprint density at radius 1 is 1.47 bits per heavy atom. The van der Waals surface area contributed by atoms with Gasteiger partial charge in [-0.15, -0.1) is 0 Å². The van der Waals surface area contributed by atoms with Crippen LogP contribution in [0.3, 0.4) is 0 Å². The number of rotatable bonds is 3. The van der Waals surface area contributed by atoms with Crippen LogP contribution in [0.1, 0.15) is 23.0 Å². The first-order valence-electron chi connectivity index (χ1n) is 5.20. The van der Waals surface area contributed by atoms with Crippen molar-refractivity contribution in [3.8, 4) is 0 Å². The van der Waals surface area contributed by atoms with Gasteiger partial charge in [-0.2, -0.15) is 0 Å². The van der Waals surface area contributed by atoms with Gasteiger partial charge >= 0.3 is 0 Å². The maximum Gasteiger partial charge on any atom is 0.255 e. The van der Waals surface area contributed by atoms with E-state index in [4.69, 9.17) is 5.73 Å². The van der Waals surface area contributed by atoms with Gasteiger partial charge in [0.15, 0.2) is 0 Å². The minimum absolute atomic E-state index is 0.267. The largest absolute Gasteiger partial charge is 0.398 e. The van der Waals surface area contributed by atoms with Crippen LogP contribution in [-0.2, 0) is 4.79 Å². The second kappa shape index (κ2) is 5.29. The summed E-state index contributed by atoms with van der Waals surface area (Å²) in [4.78, 5) is 27.0. The molecule has 0 saturated heterocycles. The lowest BCUT2D eigenvalue weighted by Crippen LogP contribution is -2.43. The molecular weight excluding hydrogens is 220 g/mol. The Hall–Kier alpha value is -2.11. The molecule has 1 aromatic rings. The van der Waals surface area contributed by atoms with Gasteiger partial charge in [0.2, 0.25) is 5.91 Å². The zero-order valence-electron chi connectivity index (χ0n) is 10.1. The molecule has 0 aliphatic carbocycles. The summed E-state index contributed by atoms with van der Waals surface area (Å²) >= 11 is 0. The Bertz CT molecular complexity index is 445. The zero-order chi connectivity index (χ0) is 13.0. The molecule has 0 aromatic carbocycles. The maximum absolute atomic E-state index is 11.8. The van der Waals surface area contributed by atoms with E-state index < -0.39 is 11.9 Å². The first-order valence-corrected chi connectivity index (χ1v) is 5.20. The number of hydrogen-bond donors (Lipinski definition) is 3. The molecule has 1 aromatic heterocycles. The lowest BCUT2D eigenvalue weighted by molar-refractivity contribution is -0.122. The quantitative estimate of drug-likeness (QED) is 0.679. The fourth-order valence-corrected chi connectivity index (χ4v) is 1.33. The molecule has 6 nitrogen and oxygen atoms in total. The van der Waals surface area contributed by atoms with Crippen molar-refractivity contribution in [2.75, 3.05) is 12.8 Å². The van der Waals surface area contributed by atoms with E-state index in [2.05, 4.69) is 15.6 Å². The maximum atomic E-state index is 11.8. The third-order valence-corrected chi connectivity index (χ3v) is 2.30. The Balaban J connectivity index is 2.80. The third-order valence-electron chi connectivity index (χ3n) is 2.30. The van der Waals surface area contributed by atoms with Gasteiger partial charge in [-0.05, 0) is 19.9 Å². The van der Waals surface area contributed by atoms with Gasteiger partial charge in [-0.3, -0.25) is 14.6 Å². The summed E-state index contributed by atoms with van der Waals surface area (Å²) in [7, 11) is 1.51. The number of nitrogens with two attached hydrogens (primary N) is 1. The molecule has 1 rings (SSSR count). The van der Waals surface area contributed by atoms with Crippen LogP contribution in [0.15, 0.2) is 12.3 Å². The second-order valence-electron chi connectivity index (χ2n) is 3.72. The summed E-state index contributed by atoms with van der Waals surface area (Å²) in [5, 5.41) is 4.98. The zero-order valence-corrected chi connectivity index (χ0v) is 10.1. The average Bonchev–Trinajstić information content (AvgIpc) is 2.27. The monoisotopic (exact) mass is 236 g/mol. The number of aryl methyl sites for hydroxylation is 1. The molecule has 1 atom stereocenters. The SMILES string of the molecule is CNC(=O)C(C)NC(=O)c1cnc(C)cc1N. The first kappa shape index (κ1) is 13.0. The van der Waals surface area contributed by atoms with Gasteiger partial charge in [-0.25, -0.2) is 0 Å². The van der Waals surface area contributed by atoms with Crippen molar-refractivity contribution in [3.05, 3.63) is 23.5 Å². The van der Waals surface area contributed by atoms with Crippen molar-refractivity contribution >= 4 is 17.5 Å². The molecule has 17 heavy (non-hydrogen) atoms. The molecule has 0 saturated carbocycles. The van der Waals surface area contributed by atoms with E-state index in [9.17, 15) is 9.59 Å². The summed E-state index contributed by atoms with van der Waals surface area (Å²) in [6.45, 7) is 3.37. The number of nitrogen functional groups attached to an aromatic ring is 1. The summed E-state index contributed by atoms with van der Waals surface area (Å²) < 4.78 is 0. The predicted molar refractivity (Wildman–Crippen MR) is 64.4 cm³/mol. The van der Waals surface area contributed by atoms with Crippen LogP contribution in [0.4, 0.5) is 5.69 Å². The highest BCUT2D eigenvalue weighted by Crippen LogP contribution is 2.11. The van der Waals surface area contributed by atoms with Crippen LogP contribution in [0.25, 0.3) is 0 Å². The van der Waals surface area contributed by atoms with Gasteiger partial charge in [0.25, 0.3) is 5.91 Å². The molecule has 0 radical (unpaired) electrons. The van der Waals surface area contributed by atoms with Gasteiger partial charge in [0.05, 0.1) is 5.56 Å². The van der Waals surface area contributed by atoms with Crippen molar-refractivity contribution in [1.82, 2.24) is 15.6 Å². The van der Waals surface area contributed by atoms with E-state index in [1.807, 2.05) is 0 Å². The highest BCUT2D eigenvalue weighted by Gasteiger charge is 2.17. The lowest BCUT2D eigenvalue weighted by Gasteiger charge is -2.13. The minimum Gasteiger partial charge on any atom is -0.398 e. The molecule has 6 heteroatoms. The second-order valence-corrected chi connectivity index (χ2v) is 3.72. The Morgan fingerprint density at radius 2 is 2.12 bits per heavy atom. The summed E-state index contributed by atoms with van der Waals surface area (Å²) in [6.07, 6.45) is 1.40. The standard InChI is InChI=1S/C11H16N4O2/c1-6-4-9(12)8(5-14-6)11(17)15-7(2)10(16)13-3/h4-5,7H,1-3H3,(H2,12,14)(H,13,16)(H,15,17). The summed E-state index contributed by atoms with van der Waals surface area (Å²) in [5.74, 6) is -0.678. The topological polar surface area (TPSA) is 97.1 Å². The van der Waals surface area contributed by atoms with Crippen LogP contribution in [0.2, 0.25) is 0 Å². The van der Waals surface area contributed by atoms with E-state index >= 15 is 0 Å². The fraction of sp³-hybridized carbons (Fsp3) is 0.364. The Morgan fingerprint density at radius 3 is 2.65 bits per heavy atom. The molecule has 0 spiro atoms. The number of nitrogens with zero attached hydrogens (tertiary/aromatic N) is 1. The molecule has 0 aliphatic heterocycles. The molecule has 4 N–H and O–H groups in total. The molecule has 1 unspecified atom stereocenters. The number of anilines is 1. The van der Waals surface area contributed by atoms with Crippen molar-refractivity contribution in [2.45, 2.75) is 19.9 Å². The van der Waals surface area contributed by atoms with Crippen molar-refractivity contribution in [3.63, 3.8) is 0 Å². The Labute approximate surface area is 99.6 Å². The van der Waals surface area contributed by atoms with Gasteiger partial charge in [0, 0.05) is 24.6 Å². The summed E-state index contributed by atoms with van der Waals surface area (Å²) in [5.41, 5.74) is 7.06. The van der Waals surface area contributed by atoms with Crippen LogP contribution in [0.5, 0.6) is 0 Å². The smallest absolute Gasteiger partial charge is 0.255 e. The van der Waals surface area contributed by atoms with Gasteiger partial charge < -0.3 is 16.4 Å². The van der Waals surface area contributed by atoms with E-state index in [-0.39, 0.29) is 11.5 Å². The van der Waals surface area contributed by atoms with Crippen molar-refractivity contribution in [1.29, 1.82) is 0 Å². The van der Waals surface area contributed by atoms with Gasteiger partial charge in [0.1, 0.15) is 6.04 Å². The number of nitrogens with one attached hydrogen (secondary N) is 2. The van der Waals surface area contributed by atoms with Gasteiger partial charge in [-0.1, -0.05) is 0 Å². The van der Waals surface area contributed by atoms with Crippen LogP contribution in [-0.4, -0.2) is 29.9 Å². The van der Waals surface area contributed by atoms with E-state index in [1.54, 1.807) is 19.9 Å². The fourth-order valence-electron chi connectivity index (χ4n) is 1.33. The molecular formula is C11H16N4O2. The van der Waals surface area contributed by atoms with Crippen LogP contribution >= 0.6 is 0 Å². The molecule has 0 aliphatic rings. The molecule has 0 bridgehead atoms. The predicted octanol–water partition coefficient (Wildman–Crippen LogP) is -0.163. The highest BCUT2D eigenvalue weighted by atomic mass is 16.2. The summed E-state index contributed by atoms with van der Waals surface area (Å²) in [6, 6.07) is 0.993. The van der Waals surface area contributed by atoms with E-state index in [0.717, 1.165) is 5.69 Å². The number of aromatic nitrogens is 1. The normalized spacial score (nSPS) is 11.7. The molecule has 1 heterocycles. The average molecular weight is 236 g/mol. The van der Waals surface area contributed by atoms with Crippen LogP contribution < -0.4 is 16.4 Å². The Kier molecular flexibility index (Phi) is 4.03. The number of amides is 2. The third kappa shape index (κ3) is 3.17. The molecule has 0 fully saturated rings. The highest BCUT2D eigenvalue weighted by molar-refractivity contribution is 6.01. The molecule has 2 amide bonds. The number of likely N-dealkylation sites (N-methyl/N-ethyl adjacent to an activating group) is 1. The molecule has 92 valence electrons. The number of pyridine rings is 1. The number of hydrogen-bond acceptors (Lipinski definition) is 4. The number of carbonyl (C=O) groups is 2.